The molecular weight excluding hydrogens is 506 g/mol. The van der Waals surface area contributed by atoms with Crippen LogP contribution >= 0.6 is 0 Å². The Balaban J connectivity index is 1.28. The number of nitrogens with two attached hydrogens (primary N) is 1. The highest BCUT2D eigenvalue weighted by atomic mass is 19.1. The van der Waals surface area contributed by atoms with Crippen LogP contribution in [0.15, 0.2) is 58.4 Å². The van der Waals surface area contributed by atoms with Crippen molar-refractivity contribution in [3.05, 3.63) is 93.2 Å². The van der Waals surface area contributed by atoms with E-state index in [1.165, 1.54) is 6.07 Å². The number of likely N-dealkylation sites (tertiary alicyclic amines) is 1. The number of benzene rings is 2. The maximum atomic E-state index is 14.6. The number of carbonyl (C=O) groups is 1. The first-order chi connectivity index (χ1) is 18.7. The third-order valence-electron chi connectivity index (χ3n) is 6.85. The van der Waals surface area contributed by atoms with Crippen molar-refractivity contribution in [2.75, 3.05) is 18.4 Å². The van der Waals surface area contributed by atoms with Gasteiger partial charge in [0.05, 0.1) is 34.9 Å². The molecule has 2 aliphatic rings. The second-order valence-corrected chi connectivity index (χ2v) is 9.99. The molecule has 2 aromatic heterocycles. The first kappa shape index (κ1) is 24.6. The van der Waals surface area contributed by atoms with Gasteiger partial charge < -0.3 is 25.9 Å². The number of aliphatic imine (C=N–C) groups is 1. The van der Waals surface area contributed by atoms with Gasteiger partial charge in [0.2, 0.25) is 5.95 Å². The van der Waals surface area contributed by atoms with Crippen LogP contribution < -0.4 is 16.7 Å². The van der Waals surface area contributed by atoms with E-state index < -0.39 is 17.3 Å². The summed E-state index contributed by atoms with van der Waals surface area (Å²) in [5.41, 5.74) is 7.32. The zero-order valence-electron chi connectivity index (χ0n) is 20.9. The Labute approximate surface area is 221 Å². The lowest BCUT2D eigenvalue weighted by Gasteiger charge is -2.20. The molecule has 1 saturated heterocycles. The zero-order valence-corrected chi connectivity index (χ0v) is 20.9. The fraction of sp³-hybridized carbons (Fsp3) is 0.222. The largest absolute Gasteiger partial charge is 0.337 e. The summed E-state index contributed by atoms with van der Waals surface area (Å²) in [6.07, 6.45) is 2.29. The van der Waals surface area contributed by atoms with E-state index in [9.17, 15) is 18.4 Å². The minimum absolute atomic E-state index is 0.0281. The van der Waals surface area contributed by atoms with Crippen LogP contribution in [0.5, 0.6) is 0 Å². The van der Waals surface area contributed by atoms with Gasteiger partial charge in [-0.1, -0.05) is 6.07 Å². The van der Waals surface area contributed by atoms with Gasteiger partial charge in [0, 0.05) is 41.6 Å². The zero-order chi connectivity index (χ0) is 27.3. The Hall–Kier alpha value is -4.71. The fourth-order valence-electron chi connectivity index (χ4n) is 4.87. The third kappa shape index (κ3) is 4.59. The molecule has 198 valence electrons. The van der Waals surface area contributed by atoms with Gasteiger partial charge >= 0.3 is 5.69 Å². The molecule has 1 atom stereocenters. The molecule has 10 nitrogen and oxygen atoms in total. The average molecular weight is 531 g/mol. The van der Waals surface area contributed by atoms with E-state index in [1.807, 2.05) is 6.92 Å². The Morgan fingerprint density at radius 2 is 1.82 bits per heavy atom. The monoisotopic (exact) mass is 530 g/mol. The predicted molar refractivity (Wildman–Crippen MR) is 141 cm³/mol. The lowest BCUT2D eigenvalue weighted by atomic mass is 10.0. The van der Waals surface area contributed by atoms with Gasteiger partial charge in [-0.3, -0.25) is 9.79 Å². The first-order valence-corrected chi connectivity index (χ1v) is 12.3. The van der Waals surface area contributed by atoms with Crippen molar-refractivity contribution in [1.29, 1.82) is 0 Å². The van der Waals surface area contributed by atoms with Crippen LogP contribution in [0.3, 0.4) is 0 Å². The van der Waals surface area contributed by atoms with Gasteiger partial charge in [0.15, 0.2) is 0 Å². The highest BCUT2D eigenvalue weighted by molar-refractivity contribution is 6.15. The number of aromatic amines is 2. The fourth-order valence-corrected chi connectivity index (χ4v) is 4.87. The van der Waals surface area contributed by atoms with Crippen LogP contribution in [0.4, 0.5) is 20.4 Å². The van der Waals surface area contributed by atoms with E-state index in [1.54, 1.807) is 35.4 Å². The number of carbonyl (C=O) groups excluding carboxylic acids is 1. The number of H-pyrrole nitrogens is 2. The molecule has 2 aliphatic heterocycles. The molecule has 4 aromatic rings. The average Bonchev–Trinajstić information content (AvgIpc) is 3.44. The molecule has 12 heteroatoms. The predicted octanol–water partition coefficient (Wildman–Crippen LogP) is 3.10. The topological polar surface area (TPSA) is 145 Å². The van der Waals surface area contributed by atoms with Gasteiger partial charge in [0.25, 0.3) is 5.91 Å². The number of anilines is 2. The van der Waals surface area contributed by atoms with Crippen LogP contribution in [0, 0.1) is 11.6 Å². The van der Waals surface area contributed by atoms with Gasteiger partial charge in [-0.25, -0.2) is 23.5 Å². The lowest BCUT2D eigenvalue weighted by Crippen LogP contribution is -2.40. The molecule has 39 heavy (non-hydrogen) atoms. The molecule has 0 saturated carbocycles. The number of imidazole rings is 1. The van der Waals surface area contributed by atoms with E-state index in [4.69, 9.17) is 5.73 Å². The summed E-state index contributed by atoms with van der Waals surface area (Å²) in [6, 6.07) is 10.4. The normalized spacial score (nSPS) is 18.3. The van der Waals surface area contributed by atoms with Crippen LogP contribution in [0.2, 0.25) is 0 Å². The van der Waals surface area contributed by atoms with Crippen molar-refractivity contribution in [1.82, 2.24) is 24.8 Å². The minimum Gasteiger partial charge on any atom is -0.337 e. The van der Waals surface area contributed by atoms with Crippen molar-refractivity contribution >= 4 is 23.3 Å². The highest BCUT2D eigenvalue weighted by Crippen LogP contribution is 2.30. The molecule has 6 rings (SSSR count). The molecule has 0 aliphatic carbocycles. The van der Waals surface area contributed by atoms with Crippen molar-refractivity contribution in [3.63, 3.8) is 0 Å². The lowest BCUT2D eigenvalue weighted by molar-refractivity contribution is 0.0785. The Bertz CT molecular complexity index is 1670. The van der Waals surface area contributed by atoms with Crippen LogP contribution in [-0.2, 0) is 6.54 Å². The summed E-state index contributed by atoms with van der Waals surface area (Å²) in [5.74, 6) is -1.46. The standard InChI is InChI=1S/C27H24F2N8O2/c1-27(30)9-10-37(13-27)24(38)14-5-7-16(8-6-14)33-25-32-12-15-11-31-21(19-17(28)3-2-4-18(19)29)23-22(20(15)34-25)35-26(39)36-23/h2-8,12H,9-11,13,30H2,1H3,(H,32,33,34)(H2,35,36,39). The van der Waals surface area contributed by atoms with Crippen molar-refractivity contribution < 1.29 is 13.6 Å². The summed E-state index contributed by atoms with van der Waals surface area (Å²) >= 11 is 0. The maximum Gasteiger partial charge on any atom is 0.323 e. The summed E-state index contributed by atoms with van der Waals surface area (Å²) in [5, 5.41) is 3.10. The van der Waals surface area contributed by atoms with E-state index in [-0.39, 0.29) is 46.6 Å². The maximum absolute atomic E-state index is 14.6. The second kappa shape index (κ2) is 9.24. The smallest absolute Gasteiger partial charge is 0.323 e. The van der Waals surface area contributed by atoms with E-state index in [0.717, 1.165) is 18.6 Å². The number of hydrogen-bond acceptors (Lipinski definition) is 7. The first-order valence-electron chi connectivity index (χ1n) is 12.3. The van der Waals surface area contributed by atoms with Crippen molar-refractivity contribution in [2.45, 2.75) is 25.4 Å². The summed E-state index contributed by atoms with van der Waals surface area (Å²) < 4.78 is 29.2. The Kier molecular flexibility index (Phi) is 5.83. The van der Waals surface area contributed by atoms with Gasteiger partial charge in [-0.05, 0) is 49.7 Å². The summed E-state index contributed by atoms with van der Waals surface area (Å²) in [4.78, 5) is 45.4. The number of amides is 1. The van der Waals surface area contributed by atoms with Crippen molar-refractivity contribution in [3.8, 4) is 11.4 Å². The highest BCUT2D eigenvalue weighted by Gasteiger charge is 2.33. The summed E-state index contributed by atoms with van der Waals surface area (Å²) in [7, 11) is 0. The number of nitrogens with zero attached hydrogens (tertiary/aromatic N) is 4. The van der Waals surface area contributed by atoms with Gasteiger partial charge in [-0.2, -0.15) is 0 Å². The summed E-state index contributed by atoms with van der Waals surface area (Å²) in [6.45, 7) is 3.10. The SMILES string of the molecule is CC1(N)CCN(C(=O)c2ccc(Nc3ncc4c(n3)-c3[nH]c(=O)[nH]c3C(c3c(F)cccc3F)=NC4)cc2)C1. The van der Waals surface area contributed by atoms with Crippen LogP contribution in [-0.4, -0.2) is 55.1 Å². The molecule has 5 N–H and O–H groups in total. The molecule has 1 fully saturated rings. The van der Waals surface area contributed by atoms with Gasteiger partial charge in [-0.15, -0.1) is 0 Å². The number of fused-ring (bicyclic) bond motifs is 3. The number of rotatable bonds is 4. The van der Waals surface area contributed by atoms with Crippen molar-refractivity contribution in [2.24, 2.45) is 10.7 Å². The third-order valence-corrected chi connectivity index (χ3v) is 6.85. The number of hydrogen-bond donors (Lipinski definition) is 4. The molecule has 2 aromatic carbocycles. The number of halogens is 2. The molecule has 0 radical (unpaired) electrons. The Morgan fingerprint density at radius 3 is 2.51 bits per heavy atom. The Morgan fingerprint density at radius 1 is 1.10 bits per heavy atom. The van der Waals surface area contributed by atoms with Crippen LogP contribution in [0.1, 0.15) is 40.5 Å². The molecule has 0 spiro atoms. The van der Waals surface area contributed by atoms with E-state index in [0.29, 0.717) is 35.6 Å². The second-order valence-electron chi connectivity index (χ2n) is 9.99. The number of nitrogens with one attached hydrogen (secondary N) is 3. The minimum atomic E-state index is -0.801. The number of aromatic nitrogens is 4. The van der Waals surface area contributed by atoms with Gasteiger partial charge in [0.1, 0.15) is 11.6 Å². The molecule has 1 amide bonds. The molecule has 0 bridgehead atoms. The van der Waals surface area contributed by atoms with Crippen LogP contribution in [0.25, 0.3) is 11.4 Å². The molecule has 4 heterocycles. The molecular formula is C27H24F2N8O2. The molecule has 1 unspecified atom stereocenters. The van der Waals surface area contributed by atoms with E-state index in [2.05, 4.69) is 30.2 Å². The quantitative estimate of drug-likeness (QED) is 0.319. The van der Waals surface area contributed by atoms with E-state index >= 15 is 0 Å².